The van der Waals surface area contributed by atoms with Crippen molar-refractivity contribution >= 4 is 16.9 Å². The molecule has 2 aliphatic heterocycles. The van der Waals surface area contributed by atoms with Crippen molar-refractivity contribution in [2.24, 2.45) is 10.9 Å². The molecule has 3 atom stereocenters. The molecule has 0 aromatic rings. The molecule has 0 aromatic carbocycles. The van der Waals surface area contributed by atoms with E-state index in [4.69, 9.17) is 4.74 Å². The van der Waals surface area contributed by atoms with Gasteiger partial charge in [-0.25, -0.2) is 0 Å². The van der Waals surface area contributed by atoms with Crippen LogP contribution in [0.2, 0.25) is 0 Å². The van der Waals surface area contributed by atoms with E-state index in [2.05, 4.69) is 24.2 Å². The Labute approximate surface area is 96.1 Å². The molecule has 0 aliphatic carbocycles. The standard InChI is InChI=1S/C11H20N2OS/c1-3-10-6-12-11(15-10)13-8(2)9-4-5-14-7-9/h8-10H,3-7H2,1-2H3,(H,12,13). The fraction of sp³-hybridized carbons (Fsp3) is 0.909. The molecule has 3 nitrogen and oxygen atoms in total. The minimum absolute atomic E-state index is 0.495. The van der Waals surface area contributed by atoms with Gasteiger partial charge < -0.3 is 10.1 Å². The van der Waals surface area contributed by atoms with Crippen molar-refractivity contribution < 1.29 is 4.74 Å². The van der Waals surface area contributed by atoms with Gasteiger partial charge in [-0.2, -0.15) is 0 Å². The van der Waals surface area contributed by atoms with Crippen LogP contribution in [0.5, 0.6) is 0 Å². The smallest absolute Gasteiger partial charge is 0.157 e. The maximum absolute atomic E-state index is 5.40. The van der Waals surface area contributed by atoms with Gasteiger partial charge in [-0.05, 0) is 19.8 Å². The molecule has 0 saturated carbocycles. The summed E-state index contributed by atoms with van der Waals surface area (Å²) in [7, 11) is 0. The minimum Gasteiger partial charge on any atom is -0.381 e. The van der Waals surface area contributed by atoms with Crippen LogP contribution in [0.3, 0.4) is 0 Å². The monoisotopic (exact) mass is 228 g/mol. The summed E-state index contributed by atoms with van der Waals surface area (Å²) in [5.41, 5.74) is 0. The highest BCUT2D eigenvalue weighted by atomic mass is 32.2. The Balaban J connectivity index is 1.77. The van der Waals surface area contributed by atoms with Gasteiger partial charge in [0.15, 0.2) is 5.17 Å². The number of amidine groups is 1. The lowest BCUT2D eigenvalue weighted by molar-refractivity contribution is 0.180. The molecule has 1 fully saturated rings. The molecule has 0 spiro atoms. The van der Waals surface area contributed by atoms with Crippen molar-refractivity contribution in [2.75, 3.05) is 19.8 Å². The lowest BCUT2D eigenvalue weighted by Crippen LogP contribution is -2.36. The molecule has 86 valence electrons. The zero-order valence-electron chi connectivity index (χ0n) is 9.53. The molecule has 4 heteroatoms. The maximum Gasteiger partial charge on any atom is 0.157 e. The van der Waals surface area contributed by atoms with E-state index in [1.54, 1.807) is 0 Å². The first-order valence-corrected chi connectivity index (χ1v) is 6.73. The quantitative estimate of drug-likeness (QED) is 0.801. The van der Waals surface area contributed by atoms with E-state index in [-0.39, 0.29) is 0 Å². The summed E-state index contributed by atoms with van der Waals surface area (Å²) in [6.07, 6.45) is 2.39. The first-order chi connectivity index (χ1) is 7.29. The van der Waals surface area contributed by atoms with Crippen LogP contribution in [-0.4, -0.2) is 36.2 Å². The molecule has 0 amide bonds. The third-order valence-electron chi connectivity index (χ3n) is 3.20. The highest BCUT2D eigenvalue weighted by Gasteiger charge is 2.25. The molecule has 3 unspecified atom stereocenters. The lowest BCUT2D eigenvalue weighted by Gasteiger charge is -2.20. The number of ether oxygens (including phenoxy) is 1. The SMILES string of the molecule is CCC1CN=C(NC(C)C2CCOC2)S1. The van der Waals surface area contributed by atoms with Crippen molar-refractivity contribution in [3.8, 4) is 0 Å². The average molecular weight is 228 g/mol. The Bertz CT molecular complexity index is 239. The number of rotatable bonds is 3. The summed E-state index contributed by atoms with van der Waals surface area (Å²) in [5, 5.41) is 5.35. The first-order valence-electron chi connectivity index (χ1n) is 5.85. The van der Waals surface area contributed by atoms with Crippen LogP contribution in [0.25, 0.3) is 0 Å². The molecule has 2 rings (SSSR count). The molecule has 15 heavy (non-hydrogen) atoms. The normalized spacial score (nSPS) is 32.8. The summed E-state index contributed by atoms with van der Waals surface area (Å²) < 4.78 is 5.40. The maximum atomic E-state index is 5.40. The fourth-order valence-electron chi connectivity index (χ4n) is 1.97. The van der Waals surface area contributed by atoms with E-state index in [1.807, 2.05) is 11.8 Å². The number of aliphatic imine (C=N–C) groups is 1. The number of nitrogens with zero attached hydrogens (tertiary/aromatic N) is 1. The van der Waals surface area contributed by atoms with Gasteiger partial charge in [0.1, 0.15) is 0 Å². The summed E-state index contributed by atoms with van der Waals surface area (Å²) in [6, 6.07) is 0.495. The Hall–Kier alpha value is -0.220. The third kappa shape index (κ3) is 2.88. The summed E-state index contributed by atoms with van der Waals surface area (Å²) in [4.78, 5) is 4.53. The van der Waals surface area contributed by atoms with Gasteiger partial charge in [-0.15, -0.1) is 0 Å². The molecule has 2 heterocycles. The molecule has 1 N–H and O–H groups in total. The second-order valence-electron chi connectivity index (χ2n) is 4.35. The van der Waals surface area contributed by atoms with Gasteiger partial charge in [0, 0.05) is 23.8 Å². The van der Waals surface area contributed by atoms with E-state index in [1.165, 1.54) is 12.8 Å². The van der Waals surface area contributed by atoms with Crippen LogP contribution >= 0.6 is 11.8 Å². The molecule has 2 aliphatic rings. The zero-order chi connectivity index (χ0) is 10.7. The van der Waals surface area contributed by atoms with E-state index in [0.717, 1.165) is 24.9 Å². The van der Waals surface area contributed by atoms with Crippen LogP contribution in [0.15, 0.2) is 4.99 Å². The third-order valence-corrected chi connectivity index (χ3v) is 4.48. The average Bonchev–Trinajstić information content (AvgIpc) is 2.87. The Morgan fingerprint density at radius 1 is 1.67 bits per heavy atom. The first kappa shape index (κ1) is 11.3. The zero-order valence-corrected chi connectivity index (χ0v) is 10.3. The molecule has 0 bridgehead atoms. The summed E-state index contributed by atoms with van der Waals surface area (Å²) in [6.45, 7) is 7.28. The van der Waals surface area contributed by atoms with Gasteiger partial charge in [0.2, 0.25) is 0 Å². The topological polar surface area (TPSA) is 33.6 Å². The molecular formula is C11H20N2OS. The Morgan fingerprint density at radius 2 is 2.53 bits per heavy atom. The Kier molecular flexibility index (Phi) is 3.92. The highest BCUT2D eigenvalue weighted by molar-refractivity contribution is 8.14. The van der Waals surface area contributed by atoms with Crippen LogP contribution < -0.4 is 5.32 Å². The van der Waals surface area contributed by atoms with E-state index < -0.39 is 0 Å². The van der Waals surface area contributed by atoms with E-state index in [9.17, 15) is 0 Å². The fourth-order valence-corrected chi connectivity index (χ4v) is 3.00. The lowest BCUT2D eigenvalue weighted by atomic mass is 10.0. The van der Waals surface area contributed by atoms with Crippen LogP contribution in [0, 0.1) is 5.92 Å². The number of nitrogens with one attached hydrogen (secondary N) is 1. The van der Waals surface area contributed by atoms with E-state index in [0.29, 0.717) is 17.2 Å². The number of thioether (sulfide) groups is 1. The predicted octanol–water partition coefficient (Wildman–Crippen LogP) is 1.88. The summed E-state index contributed by atoms with van der Waals surface area (Å²) in [5.74, 6) is 0.661. The largest absolute Gasteiger partial charge is 0.381 e. The van der Waals surface area contributed by atoms with Gasteiger partial charge in [-0.1, -0.05) is 18.7 Å². The molecule has 0 radical (unpaired) electrons. The highest BCUT2D eigenvalue weighted by Crippen LogP contribution is 2.24. The molecular weight excluding hydrogens is 208 g/mol. The number of hydrogen-bond donors (Lipinski definition) is 1. The predicted molar refractivity (Wildman–Crippen MR) is 65.5 cm³/mol. The van der Waals surface area contributed by atoms with Gasteiger partial charge in [0.25, 0.3) is 0 Å². The number of hydrogen-bond acceptors (Lipinski definition) is 4. The van der Waals surface area contributed by atoms with Gasteiger partial charge in [0.05, 0.1) is 13.2 Å². The second-order valence-corrected chi connectivity index (χ2v) is 5.64. The molecule has 1 saturated heterocycles. The van der Waals surface area contributed by atoms with Crippen molar-refractivity contribution in [1.29, 1.82) is 0 Å². The van der Waals surface area contributed by atoms with Crippen molar-refractivity contribution in [3.05, 3.63) is 0 Å². The van der Waals surface area contributed by atoms with Crippen molar-refractivity contribution in [1.82, 2.24) is 5.32 Å². The van der Waals surface area contributed by atoms with Crippen molar-refractivity contribution in [2.45, 2.75) is 38.0 Å². The van der Waals surface area contributed by atoms with Crippen LogP contribution in [0.4, 0.5) is 0 Å². The Morgan fingerprint density at radius 3 is 3.13 bits per heavy atom. The van der Waals surface area contributed by atoms with Crippen LogP contribution in [-0.2, 0) is 4.74 Å². The van der Waals surface area contributed by atoms with Gasteiger partial charge in [-0.3, -0.25) is 4.99 Å². The van der Waals surface area contributed by atoms with Crippen LogP contribution in [0.1, 0.15) is 26.7 Å². The minimum atomic E-state index is 0.495. The van der Waals surface area contributed by atoms with Gasteiger partial charge >= 0.3 is 0 Å². The van der Waals surface area contributed by atoms with E-state index >= 15 is 0 Å². The summed E-state index contributed by atoms with van der Waals surface area (Å²) >= 11 is 1.90. The molecule has 0 aromatic heterocycles. The van der Waals surface area contributed by atoms with Crippen molar-refractivity contribution in [3.63, 3.8) is 0 Å². The second kappa shape index (κ2) is 5.21.